The predicted octanol–water partition coefficient (Wildman–Crippen LogP) is 8.04. The minimum Gasteiger partial charge on any atom is -0.391 e. The lowest BCUT2D eigenvalue weighted by Gasteiger charge is -2.34. The highest BCUT2D eigenvalue weighted by atomic mass is 32.1. The Morgan fingerprint density at radius 3 is 2.28 bits per heavy atom. The fraction of sp³-hybridized carbons (Fsp3) is 0.491. The van der Waals surface area contributed by atoms with Crippen molar-refractivity contribution < 1.29 is 46.9 Å². The van der Waals surface area contributed by atoms with Crippen molar-refractivity contribution in [3.8, 4) is 16.5 Å². The van der Waals surface area contributed by atoms with Crippen LogP contribution in [0.1, 0.15) is 94.2 Å². The number of hydrogen-bond acceptors (Lipinski definition) is 12. The smallest absolute Gasteiger partial charge is 0.391 e. The van der Waals surface area contributed by atoms with Crippen molar-refractivity contribution in [3.63, 3.8) is 0 Å². The van der Waals surface area contributed by atoms with E-state index in [0.717, 1.165) is 76.8 Å². The van der Waals surface area contributed by atoms with Crippen molar-refractivity contribution in [3.05, 3.63) is 100 Å². The van der Waals surface area contributed by atoms with E-state index in [9.17, 15) is 42.7 Å². The van der Waals surface area contributed by atoms with Gasteiger partial charge in [-0.05, 0) is 117 Å². The molecule has 1 unspecified atom stereocenters. The first kappa shape index (κ1) is 54.2. The molecule has 3 saturated heterocycles. The number of β-amino-alcohol motifs (C(OH)–C–C–N with tert-alkyl or cyclic N) is 1. The van der Waals surface area contributed by atoms with Crippen LogP contribution in [-0.2, 0) is 41.4 Å². The number of alkyl halides is 3. The van der Waals surface area contributed by atoms with Crippen LogP contribution in [0.3, 0.4) is 0 Å². The molecule has 0 bridgehead atoms. The molecule has 3 aliphatic rings. The number of aryl methyl sites for hydroxylation is 1. The highest BCUT2D eigenvalue weighted by Crippen LogP contribution is 2.41. The summed E-state index contributed by atoms with van der Waals surface area (Å²) in [7, 11) is 0. The number of hydrogen-bond donors (Lipinski definition) is 2. The molecule has 7 rings (SSSR count). The van der Waals surface area contributed by atoms with E-state index in [0.29, 0.717) is 24.8 Å². The van der Waals surface area contributed by atoms with Crippen LogP contribution in [0.15, 0.2) is 72.2 Å². The van der Waals surface area contributed by atoms with Crippen LogP contribution in [0.25, 0.3) is 10.4 Å². The molecule has 3 aromatic carbocycles. The minimum atomic E-state index is -4.79. The van der Waals surface area contributed by atoms with E-state index in [1.54, 1.807) is 36.2 Å². The number of nitrogens with zero attached hydrogens (tertiary/aromatic N) is 6. The molecule has 4 heterocycles. The third-order valence-electron chi connectivity index (χ3n) is 13.8. The number of aliphatic hydroxyl groups excluding tert-OH is 1. The summed E-state index contributed by atoms with van der Waals surface area (Å²) in [6.07, 6.45) is -3.78. The molecule has 14 nitrogen and oxygen atoms in total. The minimum absolute atomic E-state index is 0.00752. The Labute approximate surface area is 428 Å². The zero-order chi connectivity index (χ0) is 52.1. The molecule has 0 radical (unpaired) electrons. The number of aromatic nitrogens is 1. The number of thiazole rings is 1. The Kier molecular flexibility index (Phi) is 17.0. The number of amides is 3. The summed E-state index contributed by atoms with van der Waals surface area (Å²) in [6, 6.07) is 19.5. The van der Waals surface area contributed by atoms with E-state index >= 15 is 0 Å². The monoisotopic (exact) mass is 1030 g/mol. The first-order valence-corrected chi connectivity index (χ1v) is 25.4. The summed E-state index contributed by atoms with van der Waals surface area (Å²) < 4.78 is 52.9. The van der Waals surface area contributed by atoms with E-state index in [-0.39, 0.29) is 67.5 Å². The normalized spacial score (nSPS) is 19.2. The second-order valence-corrected chi connectivity index (χ2v) is 21.5. The molecular formula is C53H62F3N7O7S2. The van der Waals surface area contributed by atoms with Crippen LogP contribution in [0, 0.1) is 29.6 Å². The quantitative estimate of drug-likeness (QED) is 0.0729. The zero-order valence-electron chi connectivity index (χ0n) is 41.5. The van der Waals surface area contributed by atoms with Crippen molar-refractivity contribution in [2.75, 3.05) is 62.4 Å². The molecule has 0 aliphatic carbocycles. The molecular weight excluding hydrogens is 968 g/mol. The van der Waals surface area contributed by atoms with E-state index in [1.165, 1.54) is 11.0 Å². The van der Waals surface area contributed by atoms with Gasteiger partial charge in [-0.25, -0.2) is 4.98 Å². The fourth-order valence-electron chi connectivity index (χ4n) is 9.66. The molecule has 3 atom stereocenters. The number of nitriles is 1. The maximum Gasteiger partial charge on any atom is 0.417 e. The maximum absolute atomic E-state index is 14.1. The van der Waals surface area contributed by atoms with Crippen molar-refractivity contribution >= 4 is 63.5 Å². The standard InChI is InChI=1S/C53H62F3N7O7S2/c1-33-46(72-32-59-33)37-9-7-34(8-10-37)29-58-47(66)45-27-41(64)30-61(45)48(67)44(51(2,3)4)26-42(65)31-70-24-23-69-22-21-60-19-17-36(18-20-60)35-11-14-39(15-12-35)63-50(71)62(49(68)52(63,5)6)40-16-13-38(28-57)43(25-40)53(54,55)56/h7-16,25,32,36,41,44-45,64H,17-24,26-27,29-31H2,1-6H3,(H,58,66)/t41-,44?,45+/m1/s1. The molecule has 0 spiro atoms. The number of carbonyl (C=O) groups is 4. The highest BCUT2D eigenvalue weighted by Gasteiger charge is 2.51. The van der Waals surface area contributed by atoms with Gasteiger partial charge in [-0.3, -0.25) is 24.1 Å². The van der Waals surface area contributed by atoms with Gasteiger partial charge in [-0.2, -0.15) is 18.4 Å². The molecule has 3 fully saturated rings. The van der Waals surface area contributed by atoms with Crippen LogP contribution in [-0.4, -0.2) is 119 Å². The number of anilines is 2. The third kappa shape index (κ3) is 12.4. The number of ketones is 1. The summed E-state index contributed by atoms with van der Waals surface area (Å²) >= 11 is 7.27. The van der Waals surface area contributed by atoms with Crippen LogP contribution < -0.4 is 15.1 Å². The third-order valence-corrected chi connectivity index (χ3v) is 15.2. The highest BCUT2D eigenvalue weighted by molar-refractivity contribution is 7.81. The number of likely N-dealkylation sites (tertiary alicyclic amines) is 2. The second kappa shape index (κ2) is 22.7. The SMILES string of the molecule is Cc1ncsc1-c1ccc(CNC(=O)[C@@H]2C[C@@H](O)CN2C(=O)C(CC(=O)COCCOCCN2CCC(c3ccc(N4C(=S)N(c5ccc(C#N)c(C(F)(F)F)c5)C(=O)C4(C)C)cc3)CC2)C(C)(C)C)cc1. The van der Waals surface area contributed by atoms with Gasteiger partial charge in [-0.1, -0.05) is 57.2 Å². The largest absolute Gasteiger partial charge is 0.417 e. The molecule has 1 aromatic heterocycles. The van der Waals surface area contributed by atoms with Gasteiger partial charge in [0.2, 0.25) is 11.8 Å². The number of nitrogens with one attached hydrogen (secondary N) is 1. The Morgan fingerprint density at radius 2 is 1.65 bits per heavy atom. The summed E-state index contributed by atoms with van der Waals surface area (Å²) in [6.45, 7) is 14.4. The number of Topliss-reactive ketones (excluding diaryl/α,β-unsaturated/α-hetero) is 1. The van der Waals surface area contributed by atoms with Crippen LogP contribution >= 0.6 is 23.6 Å². The first-order chi connectivity index (χ1) is 34.1. The van der Waals surface area contributed by atoms with Gasteiger partial charge >= 0.3 is 6.18 Å². The maximum atomic E-state index is 14.1. The number of halogens is 3. The lowest BCUT2D eigenvalue weighted by Crippen LogP contribution is -2.50. The first-order valence-electron chi connectivity index (χ1n) is 24.1. The number of piperidine rings is 1. The molecule has 4 aromatic rings. The van der Waals surface area contributed by atoms with E-state index in [1.807, 2.05) is 81.7 Å². The molecule has 3 aliphatic heterocycles. The number of ether oxygens (including phenoxy) is 2. The predicted molar refractivity (Wildman–Crippen MR) is 272 cm³/mol. The lowest BCUT2D eigenvalue weighted by atomic mass is 9.77. The summed E-state index contributed by atoms with van der Waals surface area (Å²) in [5.74, 6) is -1.87. The Bertz CT molecular complexity index is 2660. The van der Waals surface area contributed by atoms with Crippen LogP contribution in [0.5, 0.6) is 0 Å². The molecule has 72 heavy (non-hydrogen) atoms. The molecule has 19 heteroatoms. The summed E-state index contributed by atoms with van der Waals surface area (Å²) in [5.41, 5.74) is 2.93. The average molecular weight is 1030 g/mol. The zero-order valence-corrected chi connectivity index (χ0v) is 43.1. The second-order valence-electron chi connectivity index (χ2n) is 20.3. The Morgan fingerprint density at radius 1 is 0.986 bits per heavy atom. The molecule has 3 amide bonds. The van der Waals surface area contributed by atoms with Crippen molar-refractivity contribution in [2.45, 2.75) is 104 Å². The Hall–Kier alpha value is -5.62. The number of carbonyl (C=O) groups excluding carboxylic acids is 4. The fourth-order valence-corrected chi connectivity index (χ4v) is 11.0. The van der Waals surface area contributed by atoms with Gasteiger partial charge in [0.05, 0.1) is 64.9 Å². The van der Waals surface area contributed by atoms with Gasteiger partial charge in [0.25, 0.3) is 5.91 Å². The van der Waals surface area contributed by atoms with E-state index in [2.05, 4.69) is 15.2 Å². The number of thiocarbonyl (C=S) groups is 1. The summed E-state index contributed by atoms with van der Waals surface area (Å²) in [5, 5.41) is 22.8. The topological polar surface area (TPSA) is 169 Å². The molecule has 0 saturated carbocycles. The van der Waals surface area contributed by atoms with Gasteiger partial charge in [0.15, 0.2) is 10.9 Å². The van der Waals surface area contributed by atoms with Crippen molar-refractivity contribution in [2.24, 2.45) is 11.3 Å². The lowest BCUT2D eigenvalue weighted by molar-refractivity contribution is -0.146. The van der Waals surface area contributed by atoms with Gasteiger partial charge in [0, 0.05) is 44.1 Å². The Balaban J connectivity index is 0.809. The average Bonchev–Trinajstić information content (AvgIpc) is 4.01. The van der Waals surface area contributed by atoms with Gasteiger partial charge in [0.1, 0.15) is 18.2 Å². The van der Waals surface area contributed by atoms with E-state index < -0.39 is 52.2 Å². The van der Waals surface area contributed by atoms with Gasteiger partial charge in [-0.15, -0.1) is 11.3 Å². The number of rotatable bonds is 18. The van der Waals surface area contributed by atoms with Crippen LogP contribution in [0.2, 0.25) is 0 Å². The molecule has 384 valence electrons. The van der Waals surface area contributed by atoms with Crippen molar-refractivity contribution in [1.29, 1.82) is 5.26 Å². The van der Waals surface area contributed by atoms with Gasteiger partial charge < -0.3 is 34.6 Å². The van der Waals surface area contributed by atoms with Crippen LogP contribution in [0.4, 0.5) is 24.5 Å². The van der Waals surface area contributed by atoms with Crippen molar-refractivity contribution in [1.82, 2.24) is 20.1 Å². The number of benzene rings is 3. The molecule has 2 N–H and O–H groups in total. The number of aliphatic hydroxyl groups is 1. The summed E-state index contributed by atoms with van der Waals surface area (Å²) in [4.78, 5) is 66.3. The van der Waals surface area contributed by atoms with E-state index in [4.69, 9.17) is 21.7 Å².